The van der Waals surface area contributed by atoms with Crippen molar-refractivity contribution in [3.63, 3.8) is 0 Å². The summed E-state index contributed by atoms with van der Waals surface area (Å²) in [6, 6.07) is 7.54. The third-order valence-corrected chi connectivity index (χ3v) is 5.66. The molecule has 3 aromatic heterocycles. The van der Waals surface area contributed by atoms with Crippen LogP contribution in [0.1, 0.15) is 5.56 Å². The van der Waals surface area contributed by atoms with Gasteiger partial charge in [0.2, 0.25) is 0 Å². The molecule has 3 rings (SSSR count). The minimum absolute atomic E-state index is 0.579. The molecule has 0 aliphatic rings. The zero-order valence-electron chi connectivity index (χ0n) is 8.76. The number of nitriles is 1. The first kappa shape index (κ1) is 11.8. The zero-order valence-corrected chi connectivity index (χ0v) is 12.8. The van der Waals surface area contributed by atoms with Crippen molar-refractivity contribution in [1.29, 1.82) is 5.26 Å². The highest BCUT2D eigenvalue weighted by molar-refractivity contribution is 9.13. The van der Waals surface area contributed by atoms with E-state index in [0.717, 1.165) is 19.0 Å². The Balaban J connectivity index is 2.22. The smallest absolute Gasteiger partial charge is 0.178 e. The summed E-state index contributed by atoms with van der Waals surface area (Å²) < 4.78 is 3.88. The van der Waals surface area contributed by atoms with E-state index in [4.69, 9.17) is 5.26 Å². The van der Waals surface area contributed by atoms with Crippen molar-refractivity contribution in [1.82, 2.24) is 14.6 Å². The van der Waals surface area contributed by atoms with Gasteiger partial charge in [-0.2, -0.15) is 5.26 Å². The van der Waals surface area contributed by atoms with Crippen molar-refractivity contribution in [3.8, 4) is 16.8 Å². The molecule has 0 saturated carbocycles. The van der Waals surface area contributed by atoms with Crippen LogP contribution in [0.15, 0.2) is 32.7 Å². The van der Waals surface area contributed by atoms with Gasteiger partial charge < -0.3 is 0 Å². The Kier molecular flexibility index (Phi) is 2.93. The van der Waals surface area contributed by atoms with Crippen molar-refractivity contribution < 1.29 is 0 Å². The van der Waals surface area contributed by atoms with Crippen molar-refractivity contribution >= 4 is 48.8 Å². The van der Waals surface area contributed by atoms with Gasteiger partial charge in [-0.1, -0.05) is 0 Å². The summed E-state index contributed by atoms with van der Waals surface area (Å²) in [6.45, 7) is 0. The van der Waals surface area contributed by atoms with Gasteiger partial charge in [0.05, 0.1) is 20.3 Å². The minimum atomic E-state index is 0.579. The molecule has 0 fully saturated rings. The predicted octanol–water partition coefficient (Wildman–Crippen LogP) is 3.85. The van der Waals surface area contributed by atoms with Crippen LogP contribution in [-0.2, 0) is 0 Å². The quantitative estimate of drug-likeness (QED) is 0.641. The molecule has 18 heavy (non-hydrogen) atoms. The summed E-state index contributed by atoms with van der Waals surface area (Å²) in [6.07, 6.45) is 1.81. The second kappa shape index (κ2) is 4.46. The zero-order chi connectivity index (χ0) is 12.7. The molecule has 0 amide bonds. The van der Waals surface area contributed by atoms with E-state index in [-0.39, 0.29) is 0 Å². The Bertz CT molecular complexity index is 765. The van der Waals surface area contributed by atoms with Crippen molar-refractivity contribution in [3.05, 3.63) is 38.2 Å². The molecule has 0 unspecified atom stereocenters. The Hall–Kier alpha value is -1.23. The van der Waals surface area contributed by atoms with Gasteiger partial charge in [-0.05, 0) is 44.0 Å². The first-order valence-electron chi connectivity index (χ1n) is 4.89. The molecule has 0 aliphatic heterocycles. The molecule has 88 valence electrons. The number of rotatable bonds is 1. The standard InChI is InChI=1S/C11H4Br2N4S/c12-7-4-8(18-10(7)13)11-16-15-9-3-6(5-14)1-2-17(9)11/h1-4H. The highest BCUT2D eigenvalue weighted by Gasteiger charge is 2.12. The van der Waals surface area contributed by atoms with Gasteiger partial charge in [0.25, 0.3) is 0 Å². The van der Waals surface area contributed by atoms with Crippen LogP contribution in [0.25, 0.3) is 16.3 Å². The van der Waals surface area contributed by atoms with Gasteiger partial charge in [-0.25, -0.2) is 0 Å². The molecule has 0 aliphatic carbocycles. The second-order valence-electron chi connectivity index (χ2n) is 3.51. The Morgan fingerprint density at radius 3 is 2.78 bits per heavy atom. The lowest BCUT2D eigenvalue weighted by atomic mass is 10.3. The molecular formula is C11H4Br2N4S. The van der Waals surface area contributed by atoms with E-state index in [1.54, 1.807) is 23.5 Å². The molecule has 3 heterocycles. The van der Waals surface area contributed by atoms with Gasteiger partial charge in [-0.15, -0.1) is 21.5 Å². The summed E-state index contributed by atoms with van der Waals surface area (Å²) in [5.74, 6) is 0.769. The van der Waals surface area contributed by atoms with Crippen LogP contribution in [0.2, 0.25) is 0 Å². The largest absolute Gasteiger partial charge is 0.282 e. The molecule has 3 aromatic rings. The van der Waals surface area contributed by atoms with Crippen molar-refractivity contribution in [2.24, 2.45) is 0 Å². The Labute approximate surface area is 123 Å². The summed E-state index contributed by atoms with van der Waals surface area (Å²) in [5.41, 5.74) is 1.25. The fourth-order valence-electron chi connectivity index (χ4n) is 1.59. The SMILES string of the molecule is N#Cc1ccn2c(-c3cc(Br)c(Br)s3)nnc2c1. The average Bonchev–Trinajstić information content (AvgIpc) is 2.93. The van der Waals surface area contributed by atoms with Gasteiger partial charge in [0.1, 0.15) is 0 Å². The lowest BCUT2D eigenvalue weighted by molar-refractivity contribution is 1.12. The van der Waals surface area contributed by atoms with E-state index in [1.165, 1.54) is 0 Å². The number of hydrogen-bond acceptors (Lipinski definition) is 4. The van der Waals surface area contributed by atoms with Gasteiger partial charge in [0.15, 0.2) is 11.5 Å². The van der Waals surface area contributed by atoms with Crippen LogP contribution in [0.4, 0.5) is 0 Å². The maximum Gasteiger partial charge on any atom is 0.178 e. The van der Waals surface area contributed by atoms with Crippen molar-refractivity contribution in [2.75, 3.05) is 0 Å². The van der Waals surface area contributed by atoms with Crippen LogP contribution >= 0.6 is 43.2 Å². The first-order valence-corrected chi connectivity index (χ1v) is 7.29. The van der Waals surface area contributed by atoms with Gasteiger partial charge >= 0.3 is 0 Å². The van der Waals surface area contributed by atoms with Gasteiger partial charge in [-0.3, -0.25) is 4.40 Å². The van der Waals surface area contributed by atoms with Crippen LogP contribution in [0.5, 0.6) is 0 Å². The molecule has 0 atom stereocenters. The molecular weight excluding hydrogens is 380 g/mol. The van der Waals surface area contributed by atoms with Crippen molar-refractivity contribution in [2.45, 2.75) is 0 Å². The number of aromatic nitrogens is 3. The summed E-state index contributed by atoms with van der Waals surface area (Å²) in [5, 5.41) is 17.1. The van der Waals surface area contributed by atoms with E-state index in [0.29, 0.717) is 11.2 Å². The number of halogens is 2. The molecule has 0 aromatic carbocycles. The molecule has 0 saturated heterocycles. The van der Waals surface area contributed by atoms with E-state index in [9.17, 15) is 0 Å². The number of nitrogens with zero attached hydrogens (tertiary/aromatic N) is 4. The number of pyridine rings is 1. The highest BCUT2D eigenvalue weighted by atomic mass is 79.9. The van der Waals surface area contributed by atoms with Crippen LogP contribution in [0, 0.1) is 11.3 Å². The highest BCUT2D eigenvalue weighted by Crippen LogP contribution is 2.37. The second-order valence-corrected chi connectivity index (χ2v) is 6.74. The topological polar surface area (TPSA) is 54.0 Å². The molecule has 0 bridgehead atoms. The lowest BCUT2D eigenvalue weighted by Crippen LogP contribution is -1.87. The molecule has 4 nitrogen and oxygen atoms in total. The van der Waals surface area contributed by atoms with E-state index >= 15 is 0 Å². The Morgan fingerprint density at radius 1 is 1.28 bits per heavy atom. The lowest BCUT2D eigenvalue weighted by Gasteiger charge is -1.96. The normalized spacial score (nSPS) is 10.7. The first-order chi connectivity index (χ1) is 8.69. The fraction of sp³-hybridized carbons (Fsp3) is 0. The summed E-state index contributed by atoms with van der Waals surface area (Å²) in [7, 11) is 0. The van der Waals surface area contributed by atoms with Crippen LogP contribution in [0.3, 0.4) is 0 Å². The number of thiophene rings is 1. The van der Waals surface area contributed by atoms with Gasteiger partial charge in [0, 0.05) is 16.7 Å². The molecule has 0 N–H and O–H groups in total. The van der Waals surface area contributed by atoms with Crippen LogP contribution in [-0.4, -0.2) is 14.6 Å². The third kappa shape index (κ3) is 1.86. The maximum atomic E-state index is 8.84. The number of hydrogen-bond donors (Lipinski definition) is 0. The van der Waals surface area contributed by atoms with E-state index in [2.05, 4.69) is 48.1 Å². The monoisotopic (exact) mass is 382 g/mol. The van der Waals surface area contributed by atoms with E-state index < -0.39 is 0 Å². The average molecular weight is 384 g/mol. The fourth-order valence-corrected chi connectivity index (χ4v) is 3.60. The summed E-state index contributed by atoms with van der Waals surface area (Å²) >= 11 is 8.49. The molecule has 0 spiro atoms. The van der Waals surface area contributed by atoms with Crippen LogP contribution < -0.4 is 0 Å². The molecule has 7 heteroatoms. The third-order valence-electron chi connectivity index (χ3n) is 2.40. The minimum Gasteiger partial charge on any atom is -0.282 e. The Morgan fingerprint density at radius 2 is 2.11 bits per heavy atom. The predicted molar refractivity (Wildman–Crippen MR) is 76.4 cm³/mol. The summed E-state index contributed by atoms with van der Waals surface area (Å²) in [4.78, 5) is 1.01. The number of fused-ring (bicyclic) bond motifs is 1. The van der Waals surface area contributed by atoms with E-state index in [1.807, 2.05) is 16.7 Å². The maximum absolute atomic E-state index is 8.84. The molecule has 0 radical (unpaired) electrons.